The normalized spacial score (nSPS) is 16.7. The fraction of sp³-hybridized carbons (Fsp3) is 0.400. The van der Waals surface area contributed by atoms with E-state index in [1.165, 1.54) is 0 Å². The van der Waals surface area contributed by atoms with Gasteiger partial charge in [0.15, 0.2) is 0 Å². The molecule has 0 radical (unpaired) electrons. The Morgan fingerprint density at radius 3 is 2.92 bits per heavy atom. The Bertz CT molecular complexity index is 284. The largest absolute Gasteiger partial charge is 0.493 e. The molecule has 0 spiro atoms. The maximum Gasteiger partial charge on any atom is 0.120 e. The molecule has 0 unspecified atom stereocenters. The molecule has 1 heterocycles. The van der Waals surface area contributed by atoms with Crippen LogP contribution in [-0.2, 0) is 4.74 Å². The monoisotopic (exact) mass is 198 g/mol. The Kier molecular flexibility index (Phi) is 2.71. The van der Waals surface area contributed by atoms with Crippen molar-refractivity contribution in [1.82, 2.24) is 0 Å². The molecule has 3 heteroatoms. The molecule has 2 nitrogen and oxygen atoms in total. The van der Waals surface area contributed by atoms with E-state index >= 15 is 0 Å². The van der Waals surface area contributed by atoms with Gasteiger partial charge in [0.05, 0.1) is 19.8 Å². The molecule has 1 aromatic carbocycles. The minimum Gasteiger partial charge on any atom is -0.493 e. The lowest BCUT2D eigenvalue weighted by atomic mass is 10.1. The Balaban J connectivity index is 1.86. The fourth-order valence-corrected chi connectivity index (χ4v) is 1.33. The number of hydrogen-bond acceptors (Lipinski definition) is 2. The first-order valence-electron chi connectivity index (χ1n) is 4.31. The van der Waals surface area contributed by atoms with Crippen molar-refractivity contribution in [2.75, 3.05) is 19.8 Å². The first-order chi connectivity index (χ1) is 6.34. The van der Waals surface area contributed by atoms with Gasteiger partial charge in [-0.3, -0.25) is 0 Å². The highest BCUT2D eigenvalue weighted by molar-refractivity contribution is 6.30. The van der Waals surface area contributed by atoms with E-state index in [-0.39, 0.29) is 0 Å². The van der Waals surface area contributed by atoms with E-state index in [2.05, 4.69) is 0 Å². The van der Waals surface area contributed by atoms with Gasteiger partial charge in [-0.05, 0) is 18.2 Å². The summed E-state index contributed by atoms with van der Waals surface area (Å²) in [6.45, 7) is 2.36. The second-order valence-corrected chi connectivity index (χ2v) is 3.61. The van der Waals surface area contributed by atoms with Gasteiger partial charge in [0.1, 0.15) is 5.75 Å². The van der Waals surface area contributed by atoms with Gasteiger partial charge in [-0.2, -0.15) is 0 Å². The number of ether oxygens (including phenoxy) is 2. The van der Waals surface area contributed by atoms with Crippen molar-refractivity contribution in [2.45, 2.75) is 0 Å². The molecule has 1 aromatic rings. The molecule has 0 N–H and O–H groups in total. The van der Waals surface area contributed by atoms with Crippen LogP contribution in [0.4, 0.5) is 0 Å². The van der Waals surface area contributed by atoms with Gasteiger partial charge >= 0.3 is 0 Å². The average Bonchev–Trinajstić information content (AvgIpc) is 2.01. The summed E-state index contributed by atoms with van der Waals surface area (Å²) in [5.74, 6) is 1.39. The van der Waals surface area contributed by atoms with Gasteiger partial charge in [-0.25, -0.2) is 0 Å². The third kappa shape index (κ3) is 2.36. The average molecular weight is 199 g/mol. The van der Waals surface area contributed by atoms with Crippen LogP contribution in [0.15, 0.2) is 24.3 Å². The molecule has 0 amide bonds. The van der Waals surface area contributed by atoms with Gasteiger partial charge < -0.3 is 9.47 Å². The lowest BCUT2D eigenvalue weighted by molar-refractivity contribution is -0.0508. The molecule has 0 aromatic heterocycles. The van der Waals surface area contributed by atoms with E-state index in [9.17, 15) is 0 Å². The van der Waals surface area contributed by atoms with Crippen LogP contribution in [0.3, 0.4) is 0 Å². The van der Waals surface area contributed by atoms with Crippen molar-refractivity contribution in [1.29, 1.82) is 0 Å². The van der Waals surface area contributed by atoms with Crippen LogP contribution in [0.5, 0.6) is 5.75 Å². The summed E-state index contributed by atoms with van der Waals surface area (Å²) < 4.78 is 10.6. The highest BCUT2D eigenvalue weighted by Gasteiger charge is 2.18. The summed E-state index contributed by atoms with van der Waals surface area (Å²) in [7, 11) is 0. The smallest absolute Gasteiger partial charge is 0.120 e. The maximum atomic E-state index is 5.80. The van der Waals surface area contributed by atoms with Crippen molar-refractivity contribution in [3.05, 3.63) is 29.3 Å². The molecule has 0 bridgehead atoms. The van der Waals surface area contributed by atoms with Crippen LogP contribution < -0.4 is 4.74 Å². The van der Waals surface area contributed by atoms with E-state index in [4.69, 9.17) is 21.1 Å². The highest BCUT2D eigenvalue weighted by atomic mass is 35.5. The third-order valence-corrected chi connectivity index (χ3v) is 2.22. The number of benzene rings is 1. The predicted molar refractivity (Wildman–Crippen MR) is 51.3 cm³/mol. The van der Waals surface area contributed by atoms with Crippen LogP contribution in [-0.4, -0.2) is 19.8 Å². The minimum absolute atomic E-state index is 0.555. The van der Waals surface area contributed by atoms with Crippen LogP contribution in [0, 0.1) is 5.92 Å². The van der Waals surface area contributed by atoms with Crippen LogP contribution in [0.25, 0.3) is 0 Å². The molecule has 0 aliphatic carbocycles. The SMILES string of the molecule is Clc1cccc(OCC2COC2)c1. The van der Waals surface area contributed by atoms with Crippen molar-refractivity contribution in [3.63, 3.8) is 0 Å². The van der Waals surface area contributed by atoms with E-state index in [0.29, 0.717) is 10.9 Å². The van der Waals surface area contributed by atoms with Crippen LogP contribution in [0.2, 0.25) is 5.02 Å². The van der Waals surface area contributed by atoms with E-state index in [1.807, 2.05) is 24.3 Å². The standard InChI is InChI=1S/C10H11ClO2/c11-9-2-1-3-10(4-9)13-7-8-5-12-6-8/h1-4,8H,5-7H2. The zero-order valence-corrected chi connectivity index (χ0v) is 7.96. The van der Waals surface area contributed by atoms with Crippen molar-refractivity contribution < 1.29 is 9.47 Å². The molecule has 70 valence electrons. The van der Waals surface area contributed by atoms with Crippen LogP contribution >= 0.6 is 11.6 Å². The molecule has 0 atom stereocenters. The van der Waals surface area contributed by atoms with Gasteiger partial charge in [0.2, 0.25) is 0 Å². The Hall–Kier alpha value is -0.730. The first-order valence-corrected chi connectivity index (χ1v) is 4.68. The molecular weight excluding hydrogens is 188 g/mol. The molecular formula is C10H11ClO2. The molecule has 0 saturated carbocycles. The second-order valence-electron chi connectivity index (χ2n) is 3.17. The van der Waals surface area contributed by atoms with Gasteiger partial charge in [0, 0.05) is 10.9 Å². The molecule has 1 fully saturated rings. The van der Waals surface area contributed by atoms with Crippen molar-refractivity contribution in [3.8, 4) is 5.75 Å². The summed E-state index contributed by atoms with van der Waals surface area (Å²) in [6.07, 6.45) is 0. The summed E-state index contributed by atoms with van der Waals surface area (Å²) in [5, 5.41) is 0.711. The zero-order chi connectivity index (χ0) is 9.10. The number of halogens is 1. The maximum absolute atomic E-state index is 5.80. The molecule has 1 saturated heterocycles. The number of rotatable bonds is 3. The molecule has 1 aliphatic heterocycles. The van der Waals surface area contributed by atoms with Crippen LogP contribution in [0.1, 0.15) is 0 Å². The molecule has 2 rings (SSSR count). The fourth-order valence-electron chi connectivity index (χ4n) is 1.15. The third-order valence-electron chi connectivity index (χ3n) is 1.99. The van der Waals surface area contributed by atoms with Crippen molar-refractivity contribution >= 4 is 11.6 Å². The van der Waals surface area contributed by atoms with Gasteiger partial charge in [-0.1, -0.05) is 17.7 Å². The lowest BCUT2D eigenvalue weighted by Gasteiger charge is -2.25. The number of hydrogen-bond donors (Lipinski definition) is 0. The Labute approximate surface area is 82.4 Å². The Morgan fingerprint density at radius 1 is 1.46 bits per heavy atom. The van der Waals surface area contributed by atoms with E-state index in [1.54, 1.807) is 0 Å². The lowest BCUT2D eigenvalue weighted by Crippen LogP contribution is -2.32. The second kappa shape index (κ2) is 3.99. The predicted octanol–water partition coefficient (Wildman–Crippen LogP) is 2.37. The minimum atomic E-state index is 0.555. The summed E-state index contributed by atoms with van der Waals surface area (Å²) in [4.78, 5) is 0. The first kappa shape index (κ1) is 8.85. The molecule has 1 aliphatic rings. The van der Waals surface area contributed by atoms with E-state index in [0.717, 1.165) is 25.6 Å². The van der Waals surface area contributed by atoms with E-state index < -0.39 is 0 Å². The topological polar surface area (TPSA) is 18.5 Å². The zero-order valence-electron chi connectivity index (χ0n) is 7.20. The molecule has 13 heavy (non-hydrogen) atoms. The highest BCUT2D eigenvalue weighted by Crippen LogP contribution is 2.19. The quantitative estimate of drug-likeness (QED) is 0.743. The summed E-state index contributed by atoms with van der Waals surface area (Å²) in [6, 6.07) is 7.45. The van der Waals surface area contributed by atoms with Crippen molar-refractivity contribution in [2.24, 2.45) is 5.92 Å². The van der Waals surface area contributed by atoms with Gasteiger partial charge in [-0.15, -0.1) is 0 Å². The summed E-state index contributed by atoms with van der Waals surface area (Å²) >= 11 is 5.80. The Morgan fingerprint density at radius 2 is 2.31 bits per heavy atom. The van der Waals surface area contributed by atoms with Gasteiger partial charge in [0.25, 0.3) is 0 Å². The summed E-state index contributed by atoms with van der Waals surface area (Å²) in [5.41, 5.74) is 0.